The second-order valence-electron chi connectivity index (χ2n) is 5.47. The lowest BCUT2D eigenvalue weighted by Gasteiger charge is -2.15. The van der Waals surface area contributed by atoms with Crippen LogP contribution in [0.15, 0.2) is 36.7 Å². The van der Waals surface area contributed by atoms with Crippen molar-refractivity contribution in [2.75, 3.05) is 26.7 Å². The molecule has 1 fully saturated rings. The molecule has 1 saturated heterocycles. The average Bonchev–Trinajstić information content (AvgIpc) is 3.15. The van der Waals surface area contributed by atoms with Gasteiger partial charge in [-0.1, -0.05) is 17.3 Å². The second kappa shape index (κ2) is 6.24. The first-order chi connectivity index (χ1) is 10.3. The van der Waals surface area contributed by atoms with Crippen LogP contribution in [0.4, 0.5) is 0 Å². The van der Waals surface area contributed by atoms with Gasteiger partial charge in [-0.15, -0.1) is 5.10 Å². The molecule has 21 heavy (non-hydrogen) atoms. The van der Waals surface area contributed by atoms with Gasteiger partial charge in [0.1, 0.15) is 5.75 Å². The first-order valence-corrected chi connectivity index (χ1v) is 7.23. The molecule has 2 atom stereocenters. The highest BCUT2D eigenvalue weighted by atomic mass is 16.5. The first-order valence-electron chi connectivity index (χ1n) is 7.23. The van der Waals surface area contributed by atoms with Gasteiger partial charge in [0.25, 0.3) is 0 Å². The van der Waals surface area contributed by atoms with E-state index in [2.05, 4.69) is 27.3 Å². The largest absolute Gasteiger partial charge is 0.497 e. The van der Waals surface area contributed by atoms with E-state index in [1.165, 1.54) is 5.56 Å². The summed E-state index contributed by atoms with van der Waals surface area (Å²) in [7, 11) is 1.69. The topological polar surface area (TPSA) is 69.2 Å². The summed E-state index contributed by atoms with van der Waals surface area (Å²) in [6.45, 7) is 2.84. The number of hydrogen-bond donors (Lipinski definition) is 1. The van der Waals surface area contributed by atoms with Crippen LogP contribution in [0.2, 0.25) is 0 Å². The minimum atomic E-state index is 0.113. The van der Waals surface area contributed by atoms with Crippen LogP contribution in [-0.4, -0.2) is 52.7 Å². The van der Waals surface area contributed by atoms with Gasteiger partial charge in [0.15, 0.2) is 0 Å². The van der Waals surface area contributed by atoms with Crippen LogP contribution in [-0.2, 0) is 6.42 Å². The van der Waals surface area contributed by atoms with Crippen LogP contribution in [0.3, 0.4) is 0 Å². The molecule has 6 heteroatoms. The Hall–Kier alpha value is -1.92. The molecule has 2 aromatic rings. The van der Waals surface area contributed by atoms with Gasteiger partial charge in [0.2, 0.25) is 0 Å². The van der Waals surface area contributed by atoms with Gasteiger partial charge in [0.05, 0.1) is 19.3 Å². The van der Waals surface area contributed by atoms with Crippen LogP contribution in [0.5, 0.6) is 5.75 Å². The molecule has 6 nitrogen and oxygen atoms in total. The summed E-state index contributed by atoms with van der Waals surface area (Å²) in [5.74, 6) is 0.896. The van der Waals surface area contributed by atoms with Gasteiger partial charge >= 0.3 is 0 Å². The molecule has 0 radical (unpaired) electrons. The number of likely N-dealkylation sites (tertiary alicyclic amines) is 1. The fourth-order valence-corrected chi connectivity index (χ4v) is 2.83. The number of rotatable bonds is 5. The smallest absolute Gasteiger partial charge is 0.118 e. The number of hydrogen-bond acceptors (Lipinski definition) is 5. The Morgan fingerprint density at radius 2 is 2.10 bits per heavy atom. The van der Waals surface area contributed by atoms with Crippen molar-refractivity contribution >= 4 is 0 Å². The monoisotopic (exact) mass is 287 g/mol. The number of benzene rings is 1. The quantitative estimate of drug-likeness (QED) is 0.877. The number of nitrogens with zero attached hydrogens (tertiary/aromatic N) is 4. The van der Waals surface area contributed by atoms with E-state index >= 15 is 0 Å². The maximum absolute atomic E-state index is 6.22. The van der Waals surface area contributed by atoms with Crippen molar-refractivity contribution in [2.45, 2.75) is 18.5 Å². The maximum atomic E-state index is 6.22. The molecule has 0 spiro atoms. The Bertz CT molecular complexity index is 554. The maximum Gasteiger partial charge on any atom is 0.118 e. The predicted octanol–water partition coefficient (Wildman–Crippen LogP) is 0.713. The minimum absolute atomic E-state index is 0.113. The molecule has 1 aromatic heterocycles. The minimum Gasteiger partial charge on any atom is -0.497 e. The van der Waals surface area contributed by atoms with E-state index in [9.17, 15) is 0 Å². The van der Waals surface area contributed by atoms with Crippen LogP contribution < -0.4 is 10.5 Å². The van der Waals surface area contributed by atoms with E-state index in [0.29, 0.717) is 0 Å². The molecule has 1 aliphatic rings. The summed E-state index contributed by atoms with van der Waals surface area (Å²) < 4.78 is 7.05. The van der Waals surface area contributed by atoms with Crippen molar-refractivity contribution in [3.05, 3.63) is 42.2 Å². The molecular formula is C15H21N5O. The molecule has 1 aromatic carbocycles. The first kappa shape index (κ1) is 14.0. The van der Waals surface area contributed by atoms with Gasteiger partial charge < -0.3 is 10.5 Å². The highest BCUT2D eigenvalue weighted by Gasteiger charge is 2.31. The summed E-state index contributed by atoms with van der Waals surface area (Å²) >= 11 is 0. The molecule has 0 bridgehead atoms. The standard InChI is InChI=1S/C15H21N5O/c1-21-13-4-2-12(3-5-13)6-8-19-10-14(16)15(11-19)20-9-7-17-18-20/h2-5,7,9,14-15H,6,8,10-11,16H2,1H3/t14-,15+/m1/s1. The molecule has 0 unspecified atom stereocenters. The van der Waals surface area contributed by atoms with E-state index in [-0.39, 0.29) is 12.1 Å². The van der Waals surface area contributed by atoms with Crippen molar-refractivity contribution in [1.29, 1.82) is 0 Å². The fourth-order valence-electron chi connectivity index (χ4n) is 2.83. The highest BCUT2D eigenvalue weighted by Crippen LogP contribution is 2.20. The van der Waals surface area contributed by atoms with E-state index in [0.717, 1.165) is 31.8 Å². The Kier molecular flexibility index (Phi) is 4.17. The fraction of sp³-hybridized carbons (Fsp3) is 0.467. The molecule has 2 heterocycles. The lowest BCUT2D eigenvalue weighted by atomic mass is 10.1. The SMILES string of the molecule is COc1ccc(CCN2C[C@@H](N)[C@@H](n3ccnn3)C2)cc1. The predicted molar refractivity (Wildman–Crippen MR) is 80.2 cm³/mol. The van der Waals surface area contributed by atoms with Crippen molar-refractivity contribution in [2.24, 2.45) is 5.73 Å². The normalized spacial score (nSPS) is 22.6. The summed E-state index contributed by atoms with van der Waals surface area (Å²) in [5.41, 5.74) is 7.53. The second-order valence-corrected chi connectivity index (χ2v) is 5.47. The van der Waals surface area contributed by atoms with Crippen molar-refractivity contribution < 1.29 is 4.74 Å². The van der Waals surface area contributed by atoms with Crippen LogP contribution in [0.1, 0.15) is 11.6 Å². The molecular weight excluding hydrogens is 266 g/mol. The van der Waals surface area contributed by atoms with Gasteiger partial charge in [-0.05, 0) is 24.1 Å². The van der Waals surface area contributed by atoms with E-state index in [4.69, 9.17) is 10.5 Å². The van der Waals surface area contributed by atoms with E-state index in [1.54, 1.807) is 13.3 Å². The molecule has 3 rings (SSSR count). The highest BCUT2D eigenvalue weighted by molar-refractivity contribution is 5.27. The Morgan fingerprint density at radius 1 is 1.29 bits per heavy atom. The zero-order valence-corrected chi connectivity index (χ0v) is 12.2. The summed E-state index contributed by atoms with van der Waals surface area (Å²) in [6, 6.07) is 8.57. The molecule has 1 aliphatic heterocycles. The Labute approximate surface area is 124 Å². The van der Waals surface area contributed by atoms with E-state index < -0.39 is 0 Å². The van der Waals surface area contributed by atoms with Crippen molar-refractivity contribution in [3.8, 4) is 5.75 Å². The lowest BCUT2D eigenvalue weighted by Crippen LogP contribution is -2.31. The van der Waals surface area contributed by atoms with Gasteiger partial charge in [-0.3, -0.25) is 4.90 Å². The summed E-state index contributed by atoms with van der Waals surface area (Å²) in [6.07, 6.45) is 4.60. The third-order valence-corrected chi connectivity index (χ3v) is 4.07. The van der Waals surface area contributed by atoms with Gasteiger partial charge in [-0.25, -0.2) is 4.68 Å². The lowest BCUT2D eigenvalue weighted by molar-refractivity contribution is 0.321. The number of ether oxygens (including phenoxy) is 1. The molecule has 112 valence electrons. The summed E-state index contributed by atoms with van der Waals surface area (Å²) in [5, 5.41) is 7.93. The average molecular weight is 287 g/mol. The molecule has 0 amide bonds. The number of nitrogens with two attached hydrogens (primary N) is 1. The van der Waals surface area contributed by atoms with Crippen LogP contribution >= 0.6 is 0 Å². The van der Waals surface area contributed by atoms with Crippen molar-refractivity contribution in [1.82, 2.24) is 19.9 Å². The number of methoxy groups -OCH3 is 1. The molecule has 0 saturated carbocycles. The zero-order chi connectivity index (χ0) is 14.7. The van der Waals surface area contributed by atoms with Crippen LogP contribution in [0, 0.1) is 0 Å². The number of aromatic nitrogens is 3. The Morgan fingerprint density at radius 3 is 2.76 bits per heavy atom. The van der Waals surface area contributed by atoms with Crippen LogP contribution in [0.25, 0.3) is 0 Å². The van der Waals surface area contributed by atoms with E-state index in [1.807, 2.05) is 23.0 Å². The van der Waals surface area contributed by atoms with Gasteiger partial charge in [-0.2, -0.15) is 0 Å². The molecule has 0 aliphatic carbocycles. The van der Waals surface area contributed by atoms with Crippen molar-refractivity contribution in [3.63, 3.8) is 0 Å². The zero-order valence-electron chi connectivity index (χ0n) is 12.2. The molecule has 2 N–H and O–H groups in total. The van der Waals surface area contributed by atoms with Gasteiger partial charge in [0, 0.05) is 31.9 Å². The Balaban J connectivity index is 1.54. The third kappa shape index (κ3) is 3.22. The summed E-state index contributed by atoms with van der Waals surface area (Å²) in [4.78, 5) is 2.39. The third-order valence-electron chi connectivity index (χ3n) is 4.07.